The molecule has 29 heavy (non-hydrogen) atoms. The second-order valence-electron chi connectivity index (χ2n) is 6.83. The molecule has 2 N–H and O–H groups in total. The highest BCUT2D eigenvalue weighted by atomic mass is 127. The Kier molecular flexibility index (Phi) is 10.9. The third-order valence-electron chi connectivity index (χ3n) is 4.87. The maximum Gasteiger partial charge on any atom is 0.191 e. The Balaban J connectivity index is 0.00000300. The molecule has 1 aromatic heterocycles. The Morgan fingerprint density at radius 3 is 2.66 bits per heavy atom. The number of nitrogens with zero attached hydrogens (tertiary/aromatic N) is 3. The number of hydrogen-bond donors (Lipinski definition) is 2. The van der Waals surface area contributed by atoms with Crippen molar-refractivity contribution in [2.24, 2.45) is 4.99 Å². The van der Waals surface area contributed by atoms with E-state index < -0.39 is 0 Å². The van der Waals surface area contributed by atoms with E-state index in [-0.39, 0.29) is 24.0 Å². The van der Waals surface area contributed by atoms with Crippen LogP contribution in [0.1, 0.15) is 27.9 Å². The third kappa shape index (κ3) is 7.84. The van der Waals surface area contributed by atoms with Crippen molar-refractivity contribution in [3.8, 4) is 0 Å². The minimum absolute atomic E-state index is 0. The minimum atomic E-state index is 0. The lowest BCUT2D eigenvalue weighted by Gasteiger charge is -2.27. The van der Waals surface area contributed by atoms with Gasteiger partial charge in [-0.2, -0.15) is 0 Å². The highest BCUT2D eigenvalue weighted by Gasteiger charge is 2.12. The van der Waals surface area contributed by atoms with Crippen LogP contribution in [0.5, 0.6) is 0 Å². The molecule has 1 aliphatic heterocycles. The maximum atomic E-state index is 5.46. The lowest BCUT2D eigenvalue weighted by molar-refractivity contribution is 0.0341. The SMILES string of the molecule is CCc1cnc(CCNC(=NC)NCc2ccccc2CN2CCOCC2)s1.I. The first-order valence-corrected chi connectivity index (χ1v) is 10.8. The molecule has 0 aliphatic carbocycles. The number of aliphatic imine (C=N–C) groups is 1. The number of nitrogens with one attached hydrogen (secondary N) is 2. The Bertz CT molecular complexity index is 761. The summed E-state index contributed by atoms with van der Waals surface area (Å²) in [5.41, 5.74) is 2.67. The summed E-state index contributed by atoms with van der Waals surface area (Å²) < 4.78 is 5.46. The minimum Gasteiger partial charge on any atom is -0.379 e. The van der Waals surface area contributed by atoms with Gasteiger partial charge in [0.1, 0.15) is 0 Å². The van der Waals surface area contributed by atoms with Gasteiger partial charge in [-0.05, 0) is 17.5 Å². The number of morpholine rings is 1. The van der Waals surface area contributed by atoms with Crippen LogP contribution in [0.15, 0.2) is 35.5 Å². The zero-order valence-corrected chi connectivity index (χ0v) is 20.5. The molecule has 6 nitrogen and oxygen atoms in total. The van der Waals surface area contributed by atoms with E-state index in [4.69, 9.17) is 4.74 Å². The van der Waals surface area contributed by atoms with Gasteiger partial charge in [-0.1, -0.05) is 31.2 Å². The van der Waals surface area contributed by atoms with E-state index in [9.17, 15) is 0 Å². The molecular formula is C21H32IN5OS. The molecule has 0 spiro atoms. The molecule has 1 aromatic carbocycles. The number of thiazole rings is 1. The number of guanidine groups is 1. The van der Waals surface area contributed by atoms with E-state index in [1.54, 1.807) is 11.3 Å². The Labute approximate surface area is 195 Å². The van der Waals surface area contributed by atoms with Crippen LogP contribution in [0.2, 0.25) is 0 Å². The zero-order valence-electron chi connectivity index (χ0n) is 17.3. The topological polar surface area (TPSA) is 61.8 Å². The van der Waals surface area contributed by atoms with Crippen LogP contribution in [0.25, 0.3) is 0 Å². The lowest BCUT2D eigenvalue weighted by Crippen LogP contribution is -2.38. The molecular weight excluding hydrogens is 497 g/mol. The van der Waals surface area contributed by atoms with Crippen molar-refractivity contribution < 1.29 is 4.74 Å². The van der Waals surface area contributed by atoms with Crippen LogP contribution in [-0.4, -0.2) is 55.7 Å². The first kappa shape index (κ1) is 24.0. The van der Waals surface area contributed by atoms with E-state index in [1.807, 2.05) is 13.2 Å². The summed E-state index contributed by atoms with van der Waals surface area (Å²) in [7, 11) is 1.81. The summed E-state index contributed by atoms with van der Waals surface area (Å²) in [6, 6.07) is 8.63. The predicted octanol–water partition coefficient (Wildman–Crippen LogP) is 3.06. The highest BCUT2D eigenvalue weighted by molar-refractivity contribution is 14.0. The zero-order chi connectivity index (χ0) is 19.6. The molecule has 0 unspecified atom stereocenters. The first-order chi connectivity index (χ1) is 13.8. The van der Waals surface area contributed by atoms with Crippen LogP contribution >= 0.6 is 35.3 Å². The predicted molar refractivity (Wildman–Crippen MR) is 131 cm³/mol. The molecule has 0 radical (unpaired) electrons. The first-order valence-electron chi connectivity index (χ1n) is 10.0. The summed E-state index contributed by atoms with van der Waals surface area (Å²) in [5, 5.41) is 8.02. The van der Waals surface area contributed by atoms with Gasteiger partial charge in [0.05, 0.1) is 18.2 Å². The Morgan fingerprint density at radius 1 is 1.21 bits per heavy atom. The highest BCUT2D eigenvalue weighted by Crippen LogP contribution is 2.14. The fourth-order valence-corrected chi connectivity index (χ4v) is 4.06. The molecule has 0 bridgehead atoms. The standard InChI is InChI=1S/C21H31N5OS.HI/c1-3-19-15-24-20(28-19)8-9-23-21(22-2)25-14-17-6-4-5-7-18(17)16-26-10-12-27-13-11-26;/h4-7,15H,3,8-14,16H2,1-2H3,(H2,22,23,25);1H. The molecule has 1 fully saturated rings. The lowest BCUT2D eigenvalue weighted by atomic mass is 10.1. The second kappa shape index (κ2) is 13.1. The van der Waals surface area contributed by atoms with Crippen molar-refractivity contribution in [3.63, 3.8) is 0 Å². The van der Waals surface area contributed by atoms with Crippen LogP contribution in [0.3, 0.4) is 0 Å². The monoisotopic (exact) mass is 529 g/mol. The average Bonchev–Trinajstić information content (AvgIpc) is 3.20. The summed E-state index contributed by atoms with van der Waals surface area (Å²) in [4.78, 5) is 12.6. The smallest absolute Gasteiger partial charge is 0.191 e. The van der Waals surface area contributed by atoms with Crippen LogP contribution in [-0.2, 0) is 30.7 Å². The van der Waals surface area contributed by atoms with E-state index in [0.717, 1.165) is 64.7 Å². The maximum absolute atomic E-state index is 5.46. The van der Waals surface area contributed by atoms with E-state index >= 15 is 0 Å². The molecule has 0 amide bonds. The fraction of sp³-hybridized carbons (Fsp3) is 0.524. The largest absolute Gasteiger partial charge is 0.379 e. The van der Waals surface area contributed by atoms with Gasteiger partial charge in [0.15, 0.2) is 5.96 Å². The molecule has 8 heteroatoms. The summed E-state index contributed by atoms with van der Waals surface area (Å²) in [5.74, 6) is 0.827. The molecule has 0 atom stereocenters. The van der Waals surface area contributed by atoms with Crippen molar-refractivity contribution >= 4 is 41.3 Å². The van der Waals surface area contributed by atoms with Crippen molar-refractivity contribution in [2.75, 3.05) is 39.9 Å². The van der Waals surface area contributed by atoms with Gasteiger partial charge in [-0.3, -0.25) is 9.89 Å². The van der Waals surface area contributed by atoms with Crippen molar-refractivity contribution in [2.45, 2.75) is 32.9 Å². The van der Waals surface area contributed by atoms with Gasteiger partial charge in [-0.15, -0.1) is 35.3 Å². The summed E-state index contributed by atoms with van der Waals surface area (Å²) in [6.45, 7) is 8.38. The normalized spacial score (nSPS) is 15.0. The van der Waals surface area contributed by atoms with E-state index in [2.05, 4.69) is 56.7 Å². The summed E-state index contributed by atoms with van der Waals surface area (Å²) in [6.07, 6.45) is 3.95. The number of aryl methyl sites for hydroxylation is 1. The molecule has 2 aromatic rings. The van der Waals surface area contributed by atoms with Gasteiger partial charge in [0, 0.05) is 57.3 Å². The van der Waals surface area contributed by atoms with Crippen LogP contribution in [0, 0.1) is 0 Å². The molecule has 2 heterocycles. The van der Waals surface area contributed by atoms with Crippen LogP contribution in [0.4, 0.5) is 0 Å². The van der Waals surface area contributed by atoms with Gasteiger partial charge in [0.25, 0.3) is 0 Å². The number of ether oxygens (including phenoxy) is 1. The number of rotatable bonds is 8. The number of hydrogen-bond acceptors (Lipinski definition) is 5. The quantitative estimate of drug-likeness (QED) is 0.313. The van der Waals surface area contributed by atoms with E-state index in [0.29, 0.717) is 0 Å². The second-order valence-corrected chi connectivity index (χ2v) is 8.03. The van der Waals surface area contributed by atoms with Gasteiger partial charge in [-0.25, -0.2) is 4.98 Å². The fourth-order valence-electron chi connectivity index (χ4n) is 3.20. The average molecular weight is 529 g/mol. The Morgan fingerprint density at radius 2 is 1.97 bits per heavy atom. The molecule has 1 saturated heterocycles. The Hall–Kier alpha value is -1.23. The number of benzene rings is 1. The molecule has 160 valence electrons. The van der Waals surface area contributed by atoms with Gasteiger partial charge >= 0.3 is 0 Å². The van der Waals surface area contributed by atoms with E-state index in [1.165, 1.54) is 21.0 Å². The van der Waals surface area contributed by atoms with Crippen LogP contribution < -0.4 is 10.6 Å². The molecule has 1 aliphatic rings. The molecule has 0 saturated carbocycles. The summed E-state index contributed by atoms with van der Waals surface area (Å²) >= 11 is 1.80. The number of halogens is 1. The van der Waals surface area contributed by atoms with Crippen molar-refractivity contribution in [1.82, 2.24) is 20.5 Å². The third-order valence-corrected chi connectivity index (χ3v) is 6.07. The van der Waals surface area contributed by atoms with Gasteiger partial charge < -0.3 is 15.4 Å². The van der Waals surface area contributed by atoms with Crippen molar-refractivity contribution in [3.05, 3.63) is 51.5 Å². The number of aromatic nitrogens is 1. The van der Waals surface area contributed by atoms with Gasteiger partial charge in [0.2, 0.25) is 0 Å². The van der Waals surface area contributed by atoms with Crippen molar-refractivity contribution in [1.29, 1.82) is 0 Å². The molecule has 3 rings (SSSR count).